The molecular formula is C13H16ClN3O2. The van der Waals surface area contributed by atoms with E-state index in [9.17, 15) is 0 Å². The molecule has 6 heteroatoms. The third kappa shape index (κ3) is 3.86. The first-order valence-electron chi connectivity index (χ1n) is 6.04. The van der Waals surface area contributed by atoms with Gasteiger partial charge in [0.1, 0.15) is 10.8 Å². The molecule has 5 nitrogen and oxygen atoms in total. The zero-order valence-corrected chi connectivity index (χ0v) is 11.6. The average molecular weight is 282 g/mol. The van der Waals surface area contributed by atoms with E-state index in [1.54, 1.807) is 6.26 Å². The Morgan fingerprint density at radius 2 is 2.37 bits per heavy atom. The van der Waals surface area contributed by atoms with E-state index in [4.69, 9.17) is 20.8 Å². The van der Waals surface area contributed by atoms with Gasteiger partial charge in [-0.3, -0.25) is 0 Å². The number of aromatic nitrogens is 2. The molecule has 0 bridgehead atoms. The molecular weight excluding hydrogens is 266 g/mol. The summed E-state index contributed by atoms with van der Waals surface area (Å²) in [5.74, 6) is 1.56. The molecule has 2 rings (SSSR count). The van der Waals surface area contributed by atoms with Crippen LogP contribution < -0.4 is 10.1 Å². The number of hydrogen-bond donors (Lipinski definition) is 1. The van der Waals surface area contributed by atoms with Gasteiger partial charge in [-0.05, 0) is 25.5 Å². The van der Waals surface area contributed by atoms with Gasteiger partial charge in [-0.1, -0.05) is 11.6 Å². The Balaban J connectivity index is 1.92. The first-order valence-corrected chi connectivity index (χ1v) is 6.42. The van der Waals surface area contributed by atoms with Crippen LogP contribution in [-0.2, 0) is 6.42 Å². The quantitative estimate of drug-likeness (QED) is 0.881. The normalized spacial score (nSPS) is 12.2. The van der Waals surface area contributed by atoms with E-state index in [1.165, 1.54) is 13.3 Å². The molecule has 1 atom stereocenters. The average Bonchev–Trinajstić information content (AvgIpc) is 2.92. The van der Waals surface area contributed by atoms with E-state index in [-0.39, 0.29) is 6.04 Å². The number of nitrogens with zero attached hydrogens (tertiary/aromatic N) is 2. The Morgan fingerprint density at radius 1 is 1.53 bits per heavy atom. The van der Waals surface area contributed by atoms with Gasteiger partial charge in [0.25, 0.3) is 0 Å². The molecule has 0 aliphatic heterocycles. The monoisotopic (exact) mass is 281 g/mol. The van der Waals surface area contributed by atoms with Crippen molar-refractivity contribution in [3.05, 3.63) is 35.4 Å². The molecule has 102 valence electrons. The standard InChI is InChI=1S/C13H16ClN3O2/c1-9(5-6-10-4-3-7-19-10)16-12-11(14)8-15-13(17-12)18-2/h3-4,7-9H,5-6H2,1-2H3,(H,15,16,17). The van der Waals surface area contributed by atoms with Crippen molar-refractivity contribution in [2.24, 2.45) is 0 Å². The van der Waals surface area contributed by atoms with Crippen LogP contribution in [0.1, 0.15) is 19.1 Å². The van der Waals surface area contributed by atoms with Crippen molar-refractivity contribution in [3.8, 4) is 6.01 Å². The molecule has 2 aromatic heterocycles. The number of furan rings is 1. The molecule has 1 unspecified atom stereocenters. The maximum atomic E-state index is 6.04. The van der Waals surface area contributed by atoms with E-state index in [1.807, 2.05) is 12.1 Å². The Labute approximate surface area is 117 Å². The molecule has 0 spiro atoms. The third-order valence-corrected chi connectivity index (χ3v) is 2.97. The summed E-state index contributed by atoms with van der Waals surface area (Å²) in [7, 11) is 1.52. The molecule has 0 aliphatic carbocycles. The highest BCUT2D eigenvalue weighted by Gasteiger charge is 2.10. The zero-order valence-electron chi connectivity index (χ0n) is 10.9. The predicted octanol–water partition coefficient (Wildman–Crippen LogP) is 3.16. The Kier molecular flexibility index (Phi) is 4.63. The van der Waals surface area contributed by atoms with Crippen LogP contribution in [-0.4, -0.2) is 23.1 Å². The SMILES string of the molecule is COc1ncc(Cl)c(NC(C)CCc2ccco2)n1. The second-order valence-electron chi connectivity index (χ2n) is 4.22. The molecule has 2 heterocycles. The van der Waals surface area contributed by atoms with Gasteiger partial charge >= 0.3 is 6.01 Å². The number of aryl methyl sites for hydroxylation is 1. The molecule has 0 aromatic carbocycles. The molecule has 0 radical (unpaired) electrons. The molecule has 0 aliphatic rings. The van der Waals surface area contributed by atoms with E-state index >= 15 is 0 Å². The van der Waals surface area contributed by atoms with Crippen LogP contribution in [0.25, 0.3) is 0 Å². The van der Waals surface area contributed by atoms with Crippen molar-refractivity contribution < 1.29 is 9.15 Å². The van der Waals surface area contributed by atoms with Gasteiger partial charge in [-0.2, -0.15) is 4.98 Å². The van der Waals surface area contributed by atoms with Crippen LogP contribution in [0.2, 0.25) is 5.02 Å². The largest absolute Gasteiger partial charge is 0.469 e. The first kappa shape index (κ1) is 13.7. The summed E-state index contributed by atoms with van der Waals surface area (Å²) >= 11 is 6.04. The molecule has 19 heavy (non-hydrogen) atoms. The summed E-state index contributed by atoms with van der Waals surface area (Å²) in [5.41, 5.74) is 0. The fourth-order valence-electron chi connectivity index (χ4n) is 1.67. The van der Waals surface area contributed by atoms with Crippen molar-refractivity contribution in [2.75, 3.05) is 12.4 Å². The number of anilines is 1. The third-order valence-electron chi connectivity index (χ3n) is 2.69. The maximum absolute atomic E-state index is 6.04. The second-order valence-corrected chi connectivity index (χ2v) is 4.62. The lowest BCUT2D eigenvalue weighted by Crippen LogP contribution is -2.17. The van der Waals surface area contributed by atoms with E-state index < -0.39 is 0 Å². The van der Waals surface area contributed by atoms with Crippen LogP contribution >= 0.6 is 11.6 Å². The van der Waals surface area contributed by atoms with Crippen LogP contribution in [0.15, 0.2) is 29.0 Å². The maximum Gasteiger partial charge on any atom is 0.318 e. The lowest BCUT2D eigenvalue weighted by atomic mass is 10.1. The molecule has 0 fully saturated rings. The van der Waals surface area contributed by atoms with Crippen LogP contribution in [0, 0.1) is 0 Å². The van der Waals surface area contributed by atoms with E-state index in [0.29, 0.717) is 16.9 Å². The Bertz CT molecular complexity index is 517. The smallest absolute Gasteiger partial charge is 0.318 e. The van der Waals surface area contributed by atoms with Crippen LogP contribution in [0.5, 0.6) is 6.01 Å². The van der Waals surface area contributed by atoms with E-state index in [2.05, 4.69) is 22.2 Å². The topological polar surface area (TPSA) is 60.2 Å². The summed E-state index contributed by atoms with van der Waals surface area (Å²) in [5, 5.41) is 3.72. The van der Waals surface area contributed by atoms with Gasteiger partial charge in [0.2, 0.25) is 0 Å². The Hall–Kier alpha value is -1.75. The van der Waals surface area contributed by atoms with Crippen molar-refractivity contribution >= 4 is 17.4 Å². The van der Waals surface area contributed by atoms with Gasteiger partial charge in [0.15, 0.2) is 5.82 Å². The minimum atomic E-state index is 0.210. The second kappa shape index (κ2) is 6.43. The predicted molar refractivity (Wildman–Crippen MR) is 73.7 cm³/mol. The van der Waals surface area contributed by atoms with Crippen molar-refractivity contribution in [3.63, 3.8) is 0 Å². The fourth-order valence-corrected chi connectivity index (χ4v) is 1.82. The molecule has 2 aromatic rings. The summed E-state index contributed by atoms with van der Waals surface area (Å²) in [6, 6.07) is 4.36. The van der Waals surface area contributed by atoms with Gasteiger partial charge < -0.3 is 14.5 Å². The lowest BCUT2D eigenvalue weighted by molar-refractivity contribution is 0.380. The first-order chi connectivity index (χ1) is 9.19. The van der Waals surface area contributed by atoms with Gasteiger partial charge in [0, 0.05) is 12.5 Å². The Morgan fingerprint density at radius 3 is 3.05 bits per heavy atom. The highest BCUT2D eigenvalue weighted by Crippen LogP contribution is 2.21. The summed E-state index contributed by atoms with van der Waals surface area (Å²) < 4.78 is 10.3. The highest BCUT2D eigenvalue weighted by molar-refractivity contribution is 6.32. The van der Waals surface area contributed by atoms with Gasteiger partial charge in [0.05, 0.1) is 19.6 Å². The number of ether oxygens (including phenoxy) is 1. The summed E-state index contributed by atoms with van der Waals surface area (Å²) in [4.78, 5) is 8.11. The number of methoxy groups -OCH3 is 1. The minimum absolute atomic E-state index is 0.210. The number of nitrogens with one attached hydrogen (secondary N) is 1. The van der Waals surface area contributed by atoms with Gasteiger partial charge in [-0.15, -0.1) is 0 Å². The number of hydrogen-bond acceptors (Lipinski definition) is 5. The number of rotatable bonds is 6. The van der Waals surface area contributed by atoms with Crippen molar-refractivity contribution in [1.29, 1.82) is 0 Å². The summed E-state index contributed by atoms with van der Waals surface area (Å²) in [6.07, 6.45) is 4.98. The minimum Gasteiger partial charge on any atom is -0.469 e. The highest BCUT2D eigenvalue weighted by atomic mass is 35.5. The molecule has 1 N–H and O–H groups in total. The molecule has 0 amide bonds. The van der Waals surface area contributed by atoms with Crippen LogP contribution in [0.4, 0.5) is 5.82 Å². The van der Waals surface area contributed by atoms with Crippen molar-refractivity contribution in [2.45, 2.75) is 25.8 Å². The van der Waals surface area contributed by atoms with Gasteiger partial charge in [-0.25, -0.2) is 4.98 Å². The summed E-state index contributed by atoms with van der Waals surface area (Å²) in [6.45, 7) is 2.06. The van der Waals surface area contributed by atoms with E-state index in [0.717, 1.165) is 18.6 Å². The van der Waals surface area contributed by atoms with Crippen LogP contribution in [0.3, 0.4) is 0 Å². The van der Waals surface area contributed by atoms with Crippen molar-refractivity contribution in [1.82, 2.24) is 9.97 Å². The fraction of sp³-hybridized carbons (Fsp3) is 0.385. The number of halogens is 1. The lowest BCUT2D eigenvalue weighted by Gasteiger charge is -2.15. The molecule has 0 saturated carbocycles. The molecule has 0 saturated heterocycles. The zero-order chi connectivity index (χ0) is 13.7.